The van der Waals surface area contributed by atoms with Crippen molar-refractivity contribution in [1.29, 1.82) is 0 Å². The fourth-order valence-corrected chi connectivity index (χ4v) is 3.22. The zero-order valence-corrected chi connectivity index (χ0v) is 11.9. The molecule has 0 saturated carbocycles. The van der Waals surface area contributed by atoms with E-state index in [-0.39, 0.29) is 5.82 Å². The first-order valence-corrected chi connectivity index (χ1v) is 7.35. The first-order valence-electron chi connectivity index (χ1n) is 7.35. The molecule has 1 aliphatic rings. The van der Waals surface area contributed by atoms with E-state index in [4.69, 9.17) is 0 Å². The Bertz CT molecular complexity index is 469. The van der Waals surface area contributed by atoms with E-state index in [2.05, 4.69) is 0 Å². The molecule has 1 unspecified atom stereocenters. The molecular formula is C16H22FNO2. The maximum Gasteiger partial charge on any atom is 0.328 e. The summed E-state index contributed by atoms with van der Waals surface area (Å²) in [6.07, 6.45) is 4.72. The van der Waals surface area contributed by atoms with Crippen molar-refractivity contribution in [3.05, 3.63) is 35.6 Å². The number of benzene rings is 1. The van der Waals surface area contributed by atoms with E-state index in [1.807, 2.05) is 11.8 Å². The number of aliphatic carboxylic acids is 1. The van der Waals surface area contributed by atoms with Gasteiger partial charge in [0.2, 0.25) is 0 Å². The summed E-state index contributed by atoms with van der Waals surface area (Å²) in [5, 5.41) is 9.85. The normalized spacial score (nSPS) is 20.1. The average Bonchev–Trinajstić information content (AvgIpc) is 2.69. The van der Waals surface area contributed by atoms with Crippen molar-refractivity contribution in [2.45, 2.75) is 44.6 Å². The molecule has 1 fully saturated rings. The monoisotopic (exact) mass is 279 g/mol. The molecule has 0 radical (unpaired) electrons. The molecule has 1 heterocycles. The van der Waals surface area contributed by atoms with Gasteiger partial charge in [0.25, 0.3) is 0 Å². The van der Waals surface area contributed by atoms with Gasteiger partial charge in [-0.2, -0.15) is 0 Å². The molecule has 1 aromatic rings. The van der Waals surface area contributed by atoms with Crippen molar-refractivity contribution in [2.75, 3.05) is 13.1 Å². The number of carbonyl (C=O) groups is 1. The zero-order chi connectivity index (χ0) is 14.6. The summed E-state index contributed by atoms with van der Waals surface area (Å²) in [5.41, 5.74) is -0.554. The Morgan fingerprint density at radius 3 is 2.45 bits per heavy atom. The van der Waals surface area contributed by atoms with E-state index < -0.39 is 11.5 Å². The highest BCUT2D eigenvalue weighted by Crippen LogP contribution is 2.34. The third-order valence-electron chi connectivity index (χ3n) is 4.31. The lowest BCUT2D eigenvalue weighted by atomic mass is 9.85. The minimum Gasteiger partial charge on any atom is -0.480 e. The van der Waals surface area contributed by atoms with Gasteiger partial charge in [-0.05, 0) is 50.0 Å². The van der Waals surface area contributed by atoms with Crippen molar-refractivity contribution in [3.8, 4) is 0 Å². The molecular weight excluding hydrogens is 257 g/mol. The molecule has 1 atom stereocenters. The van der Waals surface area contributed by atoms with E-state index in [1.165, 1.54) is 12.1 Å². The van der Waals surface area contributed by atoms with Gasteiger partial charge < -0.3 is 5.11 Å². The number of halogens is 1. The van der Waals surface area contributed by atoms with Crippen LogP contribution in [0.5, 0.6) is 0 Å². The molecule has 1 aliphatic heterocycles. The van der Waals surface area contributed by atoms with Crippen LogP contribution in [0.2, 0.25) is 0 Å². The third-order valence-corrected chi connectivity index (χ3v) is 4.31. The van der Waals surface area contributed by atoms with Crippen LogP contribution in [0, 0.1) is 5.82 Å². The minimum absolute atomic E-state index is 0.378. The Hall–Kier alpha value is -1.42. The highest BCUT2D eigenvalue weighted by Gasteiger charge is 2.44. The molecule has 0 bridgehead atoms. The number of nitrogens with zero attached hydrogens (tertiary/aromatic N) is 1. The van der Waals surface area contributed by atoms with Crippen molar-refractivity contribution >= 4 is 5.97 Å². The summed E-state index contributed by atoms with van der Waals surface area (Å²) in [5.74, 6) is -1.26. The lowest BCUT2D eigenvalue weighted by Gasteiger charge is -2.40. The topological polar surface area (TPSA) is 40.5 Å². The van der Waals surface area contributed by atoms with Crippen molar-refractivity contribution in [3.63, 3.8) is 0 Å². The number of carboxylic acids is 1. The second-order valence-electron chi connectivity index (χ2n) is 5.43. The molecule has 0 amide bonds. The van der Waals surface area contributed by atoms with Crippen molar-refractivity contribution in [2.24, 2.45) is 0 Å². The van der Waals surface area contributed by atoms with Crippen LogP contribution in [0.25, 0.3) is 0 Å². The largest absolute Gasteiger partial charge is 0.480 e. The third kappa shape index (κ3) is 2.70. The first-order chi connectivity index (χ1) is 9.61. The summed E-state index contributed by atoms with van der Waals surface area (Å²) >= 11 is 0. The summed E-state index contributed by atoms with van der Waals surface area (Å²) < 4.78 is 13.5. The molecule has 1 saturated heterocycles. The second-order valence-corrected chi connectivity index (χ2v) is 5.43. The highest BCUT2D eigenvalue weighted by molar-refractivity contribution is 5.80. The molecule has 3 nitrogen and oxygen atoms in total. The lowest BCUT2D eigenvalue weighted by Crippen LogP contribution is -2.52. The minimum atomic E-state index is -1.10. The molecule has 0 aliphatic carbocycles. The van der Waals surface area contributed by atoms with Crippen LogP contribution < -0.4 is 0 Å². The molecule has 20 heavy (non-hydrogen) atoms. The Balaban J connectivity index is 2.46. The maximum absolute atomic E-state index is 13.5. The number of hydrogen-bond acceptors (Lipinski definition) is 2. The van der Waals surface area contributed by atoms with E-state index in [9.17, 15) is 14.3 Å². The SMILES string of the molecule is CCC(C(=O)O)(c1cccc(F)c1)N1CCCCCC1. The maximum atomic E-state index is 13.5. The quantitative estimate of drug-likeness (QED) is 0.918. The van der Waals surface area contributed by atoms with Crippen molar-refractivity contribution in [1.82, 2.24) is 4.90 Å². The van der Waals surface area contributed by atoms with Gasteiger partial charge in [-0.3, -0.25) is 4.90 Å². The smallest absolute Gasteiger partial charge is 0.328 e. The Labute approximate surface area is 119 Å². The number of likely N-dealkylation sites (tertiary alicyclic amines) is 1. The van der Waals surface area contributed by atoms with Gasteiger partial charge in [0.05, 0.1) is 0 Å². The van der Waals surface area contributed by atoms with Gasteiger partial charge in [0, 0.05) is 0 Å². The lowest BCUT2D eigenvalue weighted by molar-refractivity contribution is -0.153. The number of carboxylic acid groups (broad SMARTS) is 1. The molecule has 110 valence electrons. The van der Waals surface area contributed by atoms with Gasteiger partial charge in [0.1, 0.15) is 11.4 Å². The van der Waals surface area contributed by atoms with Crippen LogP contribution in [0.1, 0.15) is 44.6 Å². The summed E-state index contributed by atoms with van der Waals surface area (Å²) in [6.45, 7) is 3.39. The van der Waals surface area contributed by atoms with E-state index in [0.29, 0.717) is 12.0 Å². The molecule has 1 N–H and O–H groups in total. The van der Waals surface area contributed by atoms with Crippen LogP contribution in [0.15, 0.2) is 24.3 Å². The van der Waals surface area contributed by atoms with Gasteiger partial charge in [0.15, 0.2) is 0 Å². The van der Waals surface area contributed by atoms with E-state index >= 15 is 0 Å². The molecule has 0 aromatic heterocycles. The molecule has 2 rings (SSSR count). The van der Waals surface area contributed by atoms with Crippen LogP contribution >= 0.6 is 0 Å². The molecule has 0 spiro atoms. The van der Waals surface area contributed by atoms with Crippen LogP contribution in [0.4, 0.5) is 4.39 Å². The highest BCUT2D eigenvalue weighted by atomic mass is 19.1. The zero-order valence-electron chi connectivity index (χ0n) is 11.9. The molecule has 1 aromatic carbocycles. The van der Waals surface area contributed by atoms with E-state index in [0.717, 1.165) is 38.8 Å². The fraction of sp³-hybridized carbons (Fsp3) is 0.562. The van der Waals surface area contributed by atoms with Crippen LogP contribution in [-0.4, -0.2) is 29.1 Å². The van der Waals surface area contributed by atoms with Gasteiger partial charge in [-0.15, -0.1) is 0 Å². The first kappa shape index (κ1) is 15.0. The van der Waals surface area contributed by atoms with Crippen LogP contribution in [-0.2, 0) is 10.3 Å². The van der Waals surface area contributed by atoms with E-state index in [1.54, 1.807) is 12.1 Å². The number of hydrogen-bond donors (Lipinski definition) is 1. The fourth-order valence-electron chi connectivity index (χ4n) is 3.22. The van der Waals surface area contributed by atoms with Gasteiger partial charge in [-0.1, -0.05) is 31.9 Å². The van der Waals surface area contributed by atoms with Gasteiger partial charge >= 0.3 is 5.97 Å². The standard InChI is InChI=1S/C16H22FNO2/c1-2-16(15(19)20,13-8-7-9-14(17)12-13)18-10-5-3-4-6-11-18/h7-9,12H,2-6,10-11H2,1H3,(H,19,20). The Morgan fingerprint density at radius 2 is 1.95 bits per heavy atom. The number of rotatable bonds is 4. The summed E-state index contributed by atoms with van der Waals surface area (Å²) in [6, 6.07) is 6.04. The van der Waals surface area contributed by atoms with Crippen LogP contribution in [0.3, 0.4) is 0 Å². The Kier molecular flexibility index (Phi) is 4.76. The predicted molar refractivity (Wildman–Crippen MR) is 76.0 cm³/mol. The van der Waals surface area contributed by atoms with Gasteiger partial charge in [-0.25, -0.2) is 9.18 Å². The van der Waals surface area contributed by atoms with Crippen molar-refractivity contribution < 1.29 is 14.3 Å². The molecule has 4 heteroatoms. The summed E-state index contributed by atoms with van der Waals surface area (Å²) in [7, 11) is 0. The predicted octanol–water partition coefficient (Wildman–Crippen LogP) is 3.39. The summed E-state index contributed by atoms with van der Waals surface area (Å²) in [4.78, 5) is 14.0. The average molecular weight is 279 g/mol. The Morgan fingerprint density at radius 1 is 1.30 bits per heavy atom. The second kappa shape index (κ2) is 6.35.